The largest absolute Gasteiger partial charge is 0.494 e. The van der Waals surface area contributed by atoms with Crippen LogP contribution < -0.4 is 15.4 Å². The number of nitrogens with two attached hydrogens (primary N) is 1. The van der Waals surface area contributed by atoms with Crippen molar-refractivity contribution in [3.05, 3.63) is 40.5 Å². The minimum absolute atomic E-state index is 0.205. The number of aromatic nitrogens is 2. The number of nitrogens with zero attached hydrogens (tertiary/aromatic N) is 3. The molecular weight excluding hydrogens is 300 g/mol. The minimum Gasteiger partial charge on any atom is -0.494 e. The number of fused-ring (bicyclic) bond motifs is 1. The van der Waals surface area contributed by atoms with E-state index in [4.69, 9.17) is 22.1 Å². The summed E-state index contributed by atoms with van der Waals surface area (Å²) in [6.45, 7) is 4.52. The van der Waals surface area contributed by atoms with Crippen molar-refractivity contribution >= 4 is 23.4 Å². The minimum atomic E-state index is 0.205. The van der Waals surface area contributed by atoms with E-state index in [0.29, 0.717) is 5.15 Å². The second-order valence-electron chi connectivity index (χ2n) is 5.36. The van der Waals surface area contributed by atoms with Gasteiger partial charge in [-0.1, -0.05) is 24.6 Å². The molecular formula is C16H19ClN4O. The van der Waals surface area contributed by atoms with Crippen molar-refractivity contribution in [1.29, 1.82) is 0 Å². The molecule has 0 spiro atoms. The van der Waals surface area contributed by atoms with Crippen LogP contribution in [0.5, 0.6) is 5.75 Å². The molecule has 1 aliphatic heterocycles. The lowest BCUT2D eigenvalue weighted by Crippen LogP contribution is -2.31. The van der Waals surface area contributed by atoms with E-state index in [9.17, 15) is 0 Å². The monoisotopic (exact) mass is 318 g/mol. The second kappa shape index (κ2) is 6.40. The molecule has 22 heavy (non-hydrogen) atoms. The second-order valence-corrected chi connectivity index (χ2v) is 5.74. The van der Waals surface area contributed by atoms with Gasteiger partial charge in [0.15, 0.2) is 0 Å². The predicted octanol–water partition coefficient (Wildman–Crippen LogP) is 3.06. The Labute approximate surface area is 135 Å². The third-order valence-electron chi connectivity index (χ3n) is 3.69. The lowest BCUT2D eigenvalue weighted by atomic mass is 9.99. The first-order valence-corrected chi connectivity index (χ1v) is 7.83. The Hall–Kier alpha value is -2.01. The van der Waals surface area contributed by atoms with Crippen LogP contribution in [0.3, 0.4) is 0 Å². The standard InChI is InChI=1S/C16H19ClN4O/c1-2-7-22-13-4-3-12-10-21(6-5-11(12)8-13)15-9-14(17)19-16(18)20-15/h3-4,8-9H,2,5-7,10H2,1H3,(H2,18,19,20). The quantitative estimate of drug-likeness (QED) is 0.878. The van der Waals surface area contributed by atoms with Gasteiger partial charge >= 0.3 is 0 Å². The van der Waals surface area contributed by atoms with E-state index in [0.717, 1.165) is 44.1 Å². The molecule has 1 aromatic heterocycles. The first-order valence-electron chi connectivity index (χ1n) is 7.45. The average molecular weight is 319 g/mol. The molecule has 0 amide bonds. The van der Waals surface area contributed by atoms with E-state index in [1.54, 1.807) is 6.07 Å². The van der Waals surface area contributed by atoms with E-state index >= 15 is 0 Å². The number of benzene rings is 1. The predicted molar refractivity (Wildman–Crippen MR) is 88.4 cm³/mol. The fourth-order valence-electron chi connectivity index (χ4n) is 2.62. The Kier molecular flexibility index (Phi) is 4.34. The lowest BCUT2D eigenvalue weighted by molar-refractivity contribution is 0.317. The van der Waals surface area contributed by atoms with Crippen molar-refractivity contribution in [3.63, 3.8) is 0 Å². The van der Waals surface area contributed by atoms with Gasteiger partial charge in [-0.05, 0) is 36.1 Å². The Morgan fingerprint density at radius 2 is 2.14 bits per heavy atom. The van der Waals surface area contributed by atoms with Gasteiger partial charge in [0.1, 0.15) is 16.7 Å². The molecule has 2 N–H and O–H groups in total. The van der Waals surface area contributed by atoms with E-state index in [-0.39, 0.29) is 5.95 Å². The van der Waals surface area contributed by atoms with Crippen LogP contribution in [0, 0.1) is 0 Å². The third-order valence-corrected chi connectivity index (χ3v) is 3.88. The van der Waals surface area contributed by atoms with Crippen molar-refractivity contribution in [2.75, 3.05) is 23.8 Å². The highest BCUT2D eigenvalue weighted by molar-refractivity contribution is 6.29. The van der Waals surface area contributed by atoms with Crippen molar-refractivity contribution in [3.8, 4) is 5.75 Å². The topological polar surface area (TPSA) is 64.3 Å². The normalized spacial score (nSPS) is 13.8. The van der Waals surface area contributed by atoms with Gasteiger partial charge in [-0.25, -0.2) is 4.98 Å². The molecule has 6 heteroatoms. The fraction of sp³-hybridized carbons (Fsp3) is 0.375. The van der Waals surface area contributed by atoms with Crippen LogP contribution in [-0.4, -0.2) is 23.1 Å². The highest BCUT2D eigenvalue weighted by Crippen LogP contribution is 2.27. The summed E-state index contributed by atoms with van der Waals surface area (Å²) in [5.74, 6) is 1.93. The number of nitrogen functional groups attached to an aromatic ring is 1. The van der Waals surface area contributed by atoms with Crippen LogP contribution in [0.15, 0.2) is 24.3 Å². The summed E-state index contributed by atoms with van der Waals surface area (Å²) in [5, 5.41) is 0.372. The molecule has 0 saturated carbocycles. The molecule has 0 fully saturated rings. The Bertz CT molecular complexity index is 657. The van der Waals surface area contributed by atoms with E-state index < -0.39 is 0 Å². The molecule has 0 unspecified atom stereocenters. The van der Waals surface area contributed by atoms with Gasteiger partial charge in [-0.3, -0.25) is 0 Å². The average Bonchev–Trinajstić information content (AvgIpc) is 2.51. The van der Waals surface area contributed by atoms with Crippen LogP contribution in [0.1, 0.15) is 24.5 Å². The van der Waals surface area contributed by atoms with Gasteiger partial charge in [0.05, 0.1) is 6.61 Å². The number of halogens is 1. The van der Waals surface area contributed by atoms with Crippen LogP contribution in [-0.2, 0) is 13.0 Å². The Morgan fingerprint density at radius 3 is 2.91 bits per heavy atom. The number of hydrogen-bond donors (Lipinski definition) is 1. The molecule has 5 nitrogen and oxygen atoms in total. The lowest BCUT2D eigenvalue weighted by Gasteiger charge is -2.30. The summed E-state index contributed by atoms with van der Waals surface area (Å²) >= 11 is 5.96. The summed E-state index contributed by atoms with van der Waals surface area (Å²) in [6, 6.07) is 8.04. The molecule has 0 radical (unpaired) electrons. The smallest absolute Gasteiger partial charge is 0.223 e. The molecule has 2 heterocycles. The summed E-state index contributed by atoms with van der Waals surface area (Å²) in [6.07, 6.45) is 1.96. The maximum absolute atomic E-state index is 5.96. The first-order chi connectivity index (χ1) is 10.7. The summed E-state index contributed by atoms with van der Waals surface area (Å²) < 4.78 is 5.70. The van der Waals surface area contributed by atoms with E-state index in [2.05, 4.69) is 33.9 Å². The van der Waals surface area contributed by atoms with E-state index in [1.807, 2.05) is 6.07 Å². The molecule has 2 aromatic rings. The van der Waals surface area contributed by atoms with Gasteiger partial charge in [-0.15, -0.1) is 0 Å². The number of anilines is 2. The SMILES string of the molecule is CCCOc1ccc2c(c1)CCN(c1cc(Cl)nc(N)n1)C2. The molecule has 3 rings (SSSR count). The van der Waals surface area contributed by atoms with Gasteiger partial charge in [0.2, 0.25) is 5.95 Å². The number of rotatable bonds is 4. The number of ether oxygens (including phenoxy) is 1. The fourth-order valence-corrected chi connectivity index (χ4v) is 2.80. The molecule has 1 aromatic carbocycles. The van der Waals surface area contributed by atoms with Crippen LogP contribution in [0.4, 0.5) is 11.8 Å². The first kappa shape index (κ1) is 14.9. The Balaban J connectivity index is 1.79. The van der Waals surface area contributed by atoms with Gasteiger partial charge in [-0.2, -0.15) is 4.98 Å². The zero-order valence-electron chi connectivity index (χ0n) is 12.6. The summed E-state index contributed by atoms with van der Waals surface area (Å²) in [4.78, 5) is 10.3. The third kappa shape index (κ3) is 3.25. The van der Waals surface area contributed by atoms with Gasteiger partial charge in [0, 0.05) is 19.2 Å². The zero-order chi connectivity index (χ0) is 15.5. The highest BCUT2D eigenvalue weighted by Gasteiger charge is 2.19. The molecule has 1 aliphatic rings. The van der Waals surface area contributed by atoms with Crippen molar-refractivity contribution in [1.82, 2.24) is 9.97 Å². The summed E-state index contributed by atoms with van der Waals surface area (Å²) in [5.41, 5.74) is 8.29. The van der Waals surface area contributed by atoms with Crippen molar-refractivity contribution in [2.45, 2.75) is 26.3 Å². The maximum Gasteiger partial charge on any atom is 0.223 e. The van der Waals surface area contributed by atoms with Crippen molar-refractivity contribution < 1.29 is 4.74 Å². The molecule has 0 saturated heterocycles. The van der Waals surface area contributed by atoms with E-state index in [1.165, 1.54) is 11.1 Å². The van der Waals surface area contributed by atoms with Crippen LogP contribution in [0.2, 0.25) is 5.15 Å². The zero-order valence-corrected chi connectivity index (χ0v) is 13.3. The van der Waals surface area contributed by atoms with Gasteiger partial charge in [0.25, 0.3) is 0 Å². The van der Waals surface area contributed by atoms with Crippen molar-refractivity contribution in [2.24, 2.45) is 0 Å². The van der Waals surface area contributed by atoms with Gasteiger partial charge < -0.3 is 15.4 Å². The molecule has 0 atom stereocenters. The van der Waals surface area contributed by atoms with Crippen LogP contribution >= 0.6 is 11.6 Å². The highest BCUT2D eigenvalue weighted by atomic mass is 35.5. The van der Waals surface area contributed by atoms with Crippen LogP contribution in [0.25, 0.3) is 0 Å². The maximum atomic E-state index is 5.96. The molecule has 0 bridgehead atoms. The summed E-state index contributed by atoms with van der Waals surface area (Å²) in [7, 11) is 0. The molecule has 0 aliphatic carbocycles. The number of hydrogen-bond acceptors (Lipinski definition) is 5. The Morgan fingerprint density at radius 1 is 1.27 bits per heavy atom. The molecule has 116 valence electrons.